The van der Waals surface area contributed by atoms with E-state index >= 15 is 0 Å². The fourth-order valence-electron chi connectivity index (χ4n) is 2.12. The van der Waals surface area contributed by atoms with Crippen LogP contribution in [0.15, 0.2) is 24.3 Å². The second kappa shape index (κ2) is 4.13. The average Bonchev–Trinajstić information content (AvgIpc) is 2.73. The highest BCUT2D eigenvalue weighted by Crippen LogP contribution is 2.59. The molecule has 0 amide bonds. The first kappa shape index (κ1) is 10.6. The monoisotopic (exact) mass is 178 g/mol. The minimum absolute atomic E-state index is 0.476. The third kappa shape index (κ3) is 2.24. The summed E-state index contributed by atoms with van der Waals surface area (Å²) in [6.45, 7) is 10.8. The molecule has 0 spiro atoms. The largest absolute Gasteiger partial charge is 0.0996 e. The molecule has 1 aliphatic rings. The second-order valence-electron chi connectivity index (χ2n) is 4.51. The Morgan fingerprint density at radius 3 is 2.54 bits per heavy atom. The highest BCUT2D eigenvalue weighted by atomic mass is 14.5. The molecule has 0 nitrogen and oxygen atoms in total. The van der Waals surface area contributed by atoms with E-state index in [-0.39, 0.29) is 0 Å². The summed E-state index contributed by atoms with van der Waals surface area (Å²) >= 11 is 0. The predicted octanol–water partition coefficient (Wildman–Crippen LogP) is 4.34. The highest BCUT2D eigenvalue weighted by molar-refractivity contribution is 5.21. The van der Waals surface area contributed by atoms with Gasteiger partial charge >= 0.3 is 0 Å². The molecule has 0 heteroatoms. The van der Waals surface area contributed by atoms with Crippen molar-refractivity contribution in [3.63, 3.8) is 0 Å². The molecule has 1 rings (SSSR count). The fourth-order valence-corrected chi connectivity index (χ4v) is 2.12. The maximum absolute atomic E-state index is 4.10. The van der Waals surface area contributed by atoms with Gasteiger partial charge < -0.3 is 0 Å². The van der Waals surface area contributed by atoms with Gasteiger partial charge in [-0.1, -0.05) is 44.6 Å². The summed E-state index contributed by atoms with van der Waals surface area (Å²) in [6, 6.07) is 0. The van der Waals surface area contributed by atoms with Crippen LogP contribution in [0.3, 0.4) is 0 Å². The first-order valence-corrected chi connectivity index (χ1v) is 5.44. The van der Waals surface area contributed by atoms with Crippen molar-refractivity contribution in [3.05, 3.63) is 24.3 Å². The second-order valence-corrected chi connectivity index (χ2v) is 4.51. The molecule has 0 radical (unpaired) electrons. The van der Waals surface area contributed by atoms with Crippen LogP contribution in [-0.4, -0.2) is 0 Å². The Morgan fingerprint density at radius 2 is 2.15 bits per heavy atom. The molecule has 0 aliphatic heterocycles. The van der Waals surface area contributed by atoms with Gasteiger partial charge in [0.15, 0.2) is 0 Å². The molecule has 2 atom stereocenters. The zero-order valence-corrected chi connectivity index (χ0v) is 9.27. The van der Waals surface area contributed by atoms with E-state index in [0.717, 1.165) is 5.92 Å². The van der Waals surface area contributed by atoms with Gasteiger partial charge in [0.2, 0.25) is 0 Å². The molecule has 0 aromatic carbocycles. The summed E-state index contributed by atoms with van der Waals surface area (Å²) < 4.78 is 0. The summed E-state index contributed by atoms with van der Waals surface area (Å²) in [5.41, 5.74) is 1.85. The van der Waals surface area contributed by atoms with Crippen LogP contribution in [-0.2, 0) is 0 Å². The maximum Gasteiger partial charge on any atom is -0.00303 e. The lowest BCUT2D eigenvalue weighted by Gasteiger charge is -2.13. The van der Waals surface area contributed by atoms with Gasteiger partial charge in [-0.15, -0.1) is 0 Å². The van der Waals surface area contributed by atoms with Crippen LogP contribution in [0.2, 0.25) is 0 Å². The van der Waals surface area contributed by atoms with E-state index in [4.69, 9.17) is 0 Å². The van der Waals surface area contributed by atoms with E-state index in [1.165, 1.54) is 31.3 Å². The molecule has 0 aromatic rings. The molecule has 1 aliphatic carbocycles. The lowest BCUT2D eigenvalue weighted by molar-refractivity contribution is 0.563. The van der Waals surface area contributed by atoms with Gasteiger partial charge in [-0.05, 0) is 37.5 Å². The fraction of sp³-hybridized carbons (Fsp3) is 0.692. The molecule has 74 valence electrons. The van der Waals surface area contributed by atoms with Gasteiger partial charge in [0.05, 0.1) is 0 Å². The van der Waals surface area contributed by atoms with Crippen LogP contribution >= 0.6 is 0 Å². The Hall–Kier alpha value is -0.520. The van der Waals surface area contributed by atoms with Crippen molar-refractivity contribution in [1.29, 1.82) is 0 Å². The van der Waals surface area contributed by atoms with E-state index in [1.807, 2.05) is 0 Å². The molecular formula is C13H22. The predicted molar refractivity (Wildman–Crippen MR) is 59.7 cm³/mol. The van der Waals surface area contributed by atoms with Crippen molar-refractivity contribution in [2.75, 3.05) is 0 Å². The minimum atomic E-state index is 0.476. The van der Waals surface area contributed by atoms with E-state index in [2.05, 4.69) is 39.5 Å². The van der Waals surface area contributed by atoms with E-state index in [0.29, 0.717) is 5.41 Å². The lowest BCUT2D eigenvalue weighted by Crippen LogP contribution is -2.02. The summed E-state index contributed by atoms with van der Waals surface area (Å²) in [7, 11) is 0. The van der Waals surface area contributed by atoms with Gasteiger partial charge in [0, 0.05) is 0 Å². The van der Waals surface area contributed by atoms with E-state index in [1.54, 1.807) is 0 Å². The molecular weight excluding hydrogens is 156 g/mol. The molecule has 0 bridgehead atoms. The SMILES string of the molecule is C=C(C)C1(CC=CCCC)CC1C. The van der Waals surface area contributed by atoms with Crippen molar-refractivity contribution in [3.8, 4) is 0 Å². The van der Waals surface area contributed by atoms with Gasteiger partial charge in [-0.25, -0.2) is 0 Å². The van der Waals surface area contributed by atoms with E-state index < -0.39 is 0 Å². The molecule has 2 unspecified atom stereocenters. The zero-order chi connectivity index (χ0) is 9.90. The van der Waals surface area contributed by atoms with Crippen molar-refractivity contribution < 1.29 is 0 Å². The molecule has 0 heterocycles. The molecule has 0 N–H and O–H groups in total. The van der Waals surface area contributed by atoms with Gasteiger partial charge in [0.25, 0.3) is 0 Å². The van der Waals surface area contributed by atoms with Crippen LogP contribution in [0.4, 0.5) is 0 Å². The first-order valence-electron chi connectivity index (χ1n) is 5.44. The molecule has 1 saturated carbocycles. The summed E-state index contributed by atoms with van der Waals surface area (Å²) in [5.74, 6) is 0.858. The number of rotatable bonds is 5. The Bertz CT molecular complexity index is 212. The van der Waals surface area contributed by atoms with Crippen LogP contribution in [0.1, 0.15) is 46.5 Å². The zero-order valence-electron chi connectivity index (χ0n) is 9.27. The standard InChI is InChI=1S/C13H22/c1-5-6-7-8-9-13(11(2)3)10-12(13)4/h7-8,12H,2,5-6,9-10H2,1,3-4H3. The number of unbranched alkanes of at least 4 members (excludes halogenated alkanes) is 1. The third-order valence-electron chi connectivity index (χ3n) is 3.41. The lowest BCUT2D eigenvalue weighted by atomic mass is 9.92. The Balaban J connectivity index is 2.39. The first-order chi connectivity index (χ1) is 6.13. The molecule has 13 heavy (non-hydrogen) atoms. The highest BCUT2D eigenvalue weighted by Gasteiger charge is 2.50. The number of hydrogen-bond acceptors (Lipinski definition) is 0. The van der Waals surface area contributed by atoms with Crippen molar-refractivity contribution in [2.24, 2.45) is 11.3 Å². The smallest absolute Gasteiger partial charge is 0.00303 e. The van der Waals surface area contributed by atoms with Crippen molar-refractivity contribution >= 4 is 0 Å². The van der Waals surface area contributed by atoms with Crippen molar-refractivity contribution in [2.45, 2.75) is 46.5 Å². The topological polar surface area (TPSA) is 0 Å². The molecule has 0 saturated heterocycles. The quantitative estimate of drug-likeness (QED) is 0.549. The summed E-state index contributed by atoms with van der Waals surface area (Å²) in [4.78, 5) is 0. The summed E-state index contributed by atoms with van der Waals surface area (Å²) in [6.07, 6.45) is 9.70. The van der Waals surface area contributed by atoms with Gasteiger partial charge in [-0.2, -0.15) is 0 Å². The van der Waals surface area contributed by atoms with Crippen LogP contribution in [0.5, 0.6) is 0 Å². The normalized spacial score (nSPS) is 32.4. The van der Waals surface area contributed by atoms with E-state index in [9.17, 15) is 0 Å². The van der Waals surface area contributed by atoms with Crippen LogP contribution in [0.25, 0.3) is 0 Å². The minimum Gasteiger partial charge on any atom is -0.0996 e. The van der Waals surface area contributed by atoms with Crippen molar-refractivity contribution in [1.82, 2.24) is 0 Å². The molecule has 1 fully saturated rings. The molecule has 0 aromatic heterocycles. The number of hydrogen-bond donors (Lipinski definition) is 0. The Morgan fingerprint density at radius 1 is 1.54 bits per heavy atom. The third-order valence-corrected chi connectivity index (χ3v) is 3.41. The van der Waals surface area contributed by atoms with Crippen LogP contribution in [0, 0.1) is 11.3 Å². The Labute approximate surface area is 82.7 Å². The number of allylic oxidation sites excluding steroid dienone is 3. The van der Waals surface area contributed by atoms with Crippen LogP contribution < -0.4 is 0 Å². The van der Waals surface area contributed by atoms with Gasteiger partial charge in [0.1, 0.15) is 0 Å². The average molecular weight is 178 g/mol. The maximum atomic E-state index is 4.10. The summed E-state index contributed by atoms with van der Waals surface area (Å²) in [5, 5.41) is 0. The van der Waals surface area contributed by atoms with Gasteiger partial charge in [-0.3, -0.25) is 0 Å². The Kier molecular flexibility index (Phi) is 3.35.